The summed E-state index contributed by atoms with van der Waals surface area (Å²) < 4.78 is 5.42. The van der Waals surface area contributed by atoms with Crippen LogP contribution in [0.15, 0.2) is 23.1 Å². The Morgan fingerprint density at radius 1 is 1.56 bits per heavy atom. The number of likely N-dealkylation sites (N-methyl/N-ethyl adjacent to an activating group) is 1. The number of ether oxygens (including phenoxy) is 1. The Morgan fingerprint density at radius 3 is 2.89 bits per heavy atom. The number of anilines is 1. The molecule has 1 unspecified atom stereocenters. The lowest BCUT2D eigenvalue weighted by Gasteiger charge is -2.28. The summed E-state index contributed by atoms with van der Waals surface area (Å²) in [5.41, 5.74) is 7.59. The standard InChI is InChI=1S/C13H19N3OS/c1-16(9-6-7-17-8-9)10-4-3-5-11(18-2)12(10)13(14)15/h3-5,9H,6-8H2,1-2H3,(H3,14,15). The number of nitrogens with two attached hydrogens (primary N) is 1. The molecule has 1 heterocycles. The number of nitrogen functional groups attached to an aromatic ring is 1. The average Bonchev–Trinajstić information content (AvgIpc) is 2.90. The van der Waals surface area contributed by atoms with Gasteiger partial charge in [0.1, 0.15) is 5.84 Å². The van der Waals surface area contributed by atoms with Gasteiger partial charge in [0.15, 0.2) is 0 Å². The lowest BCUT2D eigenvalue weighted by atomic mass is 10.1. The molecule has 0 radical (unpaired) electrons. The second kappa shape index (κ2) is 5.63. The third-order valence-electron chi connectivity index (χ3n) is 3.33. The summed E-state index contributed by atoms with van der Waals surface area (Å²) in [6.45, 7) is 1.56. The number of amidine groups is 1. The minimum absolute atomic E-state index is 0.126. The van der Waals surface area contributed by atoms with Gasteiger partial charge in [-0.25, -0.2) is 0 Å². The lowest BCUT2D eigenvalue weighted by molar-refractivity contribution is 0.193. The molecule has 0 amide bonds. The number of hydrogen-bond donors (Lipinski definition) is 2. The van der Waals surface area contributed by atoms with Crippen LogP contribution in [0.5, 0.6) is 0 Å². The minimum Gasteiger partial charge on any atom is -0.384 e. The van der Waals surface area contributed by atoms with Crippen LogP contribution in [0.1, 0.15) is 12.0 Å². The minimum atomic E-state index is 0.126. The first-order valence-corrected chi connectivity index (χ1v) is 7.19. The number of benzene rings is 1. The van der Waals surface area contributed by atoms with E-state index in [2.05, 4.69) is 4.90 Å². The normalized spacial score (nSPS) is 18.9. The van der Waals surface area contributed by atoms with Gasteiger partial charge in [0.2, 0.25) is 0 Å². The molecule has 0 aliphatic carbocycles. The first-order chi connectivity index (χ1) is 8.65. The molecule has 1 saturated heterocycles. The van der Waals surface area contributed by atoms with Gasteiger partial charge in [0.05, 0.1) is 18.2 Å². The van der Waals surface area contributed by atoms with Crippen molar-refractivity contribution in [3.63, 3.8) is 0 Å². The molecule has 2 rings (SSSR count). The van der Waals surface area contributed by atoms with Gasteiger partial charge >= 0.3 is 0 Å². The third-order valence-corrected chi connectivity index (χ3v) is 4.11. The third kappa shape index (κ3) is 2.47. The molecule has 1 fully saturated rings. The summed E-state index contributed by atoms with van der Waals surface area (Å²) in [7, 11) is 2.05. The maximum atomic E-state index is 7.79. The molecule has 1 atom stereocenters. The van der Waals surface area contributed by atoms with Crippen molar-refractivity contribution in [3.8, 4) is 0 Å². The molecule has 0 saturated carbocycles. The highest BCUT2D eigenvalue weighted by Crippen LogP contribution is 2.30. The van der Waals surface area contributed by atoms with Crippen LogP contribution in [0.3, 0.4) is 0 Å². The molecular formula is C13H19N3OS. The van der Waals surface area contributed by atoms with Crippen LogP contribution < -0.4 is 10.6 Å². The summed E-state index contributed by atoms with van der Waals surface area (Å²) in [5.74, 6) is 0.126. The van der Waals surface area contributed by atoms with E-state index < -0.39 is 0 Å². The van der Waals surface area contributed by atoms with Gasteiger partial charge in [-0.05, 0) is 24.8 Å². The lowest BCUT2D eigenvalue weighted by Crippen LogP contribution is -2.33. The molecule has 0 spiro atoms. The Hall–Kier alpha value is -1.20. The van der Waals surface area contributed by atoms with Gasteiger partial charge in [-0.2, -0.15) is 0 Å². The topological polar surface area (TPSA) is 62.3 Å². The molecule has 18 heavy (non-hydrogen) atoms. The van der Waals surface area contributed by atoms with Gasteiger partial charge in [0, 0.05) is 24.2 Å². The predicted molar refractivity (Wildman–Crippen MR) is 76.9 cm³/mol. The van der Waals surface area contributed by atoms with Crippen LogP contribution in [0, 0.1) is 5.41 Å². The van der Waals surface area contributed by atoms with E-state index in [1.165, 1.54) is 0 Å². The number of thioether (sulfide) groups is 1. The van der Waals surface area contributed by atoms with Crippen molar-refractivity contribution in [1.29, 1.82) is 5.41 Å². The van der Waals surface area contributed by atoms with Gasteiger partial charge in [-0.1, -0.05) is 6.07 Å². The van der Waals surface area contributed by atoms with E-state index in [1.807, 2.05) is 31.5 Å². The fourth-order valence-corrected chi connectivity index (χ4v) is 2.91. The maximum absolute atomic E-state index is 7.79. The smallest absolute Gasteiger partial charge is 0.126 e. The summed E-state index contributed by atoms with van der Waals surface area (Å²) in [5, 5.41) is 7.79. The number of rotatable bonds is 4. The first kappa shape index (κ1) is 13.2. The monoisotopic (exact) mass is 265 g/mol. The van der Waals surface area contributed by atoms with E-state index in [9.17, 15) is 0 Å². The summed E-state index contributed by atoms with van der Waals surface area (Å²) >= 11 is 1.62. The van der Waals surface area contributed by atoms with Crippen molar-refractivity contribution in [1.82, 2.24) is 0 Å². The Morgan fingerprint density at radius 2 is 2.33 bits per heavy atom. The van der Waals surface area contributed by atoms with Gasteiger partial charge in [0.25, 0.3) is 0 Å². The largest absolute Gasteiger partial charge is 0.384 e. The zero-order valence-electron chi connectivity index (χ0n) is 10.8. The Kier molecular flexibility index (Phi) is 4.14. The molecule has 4 nitrogen and oxygen atoms in total. The van der Waals surface area contributed by atoms with E-state index in [-0.39, 0.29) is 5.84 Å². The van der Waals surface area contributed by atoms with Crippen molar-refractivity contribution in [2.24, 2.45) is 5.73 Å². The second-order valence-corrected chi connectivity index (χ2v) is 5.24. The number of hydrogen-bond acceptors (Lipinski definition) is 4. The van der Waals surface area contributed by atoms with Crippen molar-refractivity contribution >= 4 is 23.3 Å². The van der Waals surface area contributed by atoms with Crippen LogP contribution in [0.4, 0.5) is 5.69 Å². The molecule has 1 aliphatic rings. The van der Waals surface area contributed by atoms with Crippen molar-refractivity contribution in [3.05, 3.63) is 23.8 Å². The molecule has 1 aromatic rings. The van der Waals surface area contributed by atoms with E-state index in [4.69, 9.17) is 15.9 Å². The fraction of sp³-hybridized carbons (Fsp3) is 0.462. The number of nitrogens with one attached hydrogen (secondary N) is 1. The highest BCUT2D eigenvalue weighted by Gasteiger charge is 2.23. The molecule has 0 aromatic heterocycles. The van der Waals surface area contributed by atoms with Crippen LogP contribution in [0.2, 0.25) is 0 Å². The zero-order valence-corrected chi connectivity index (χ0v) is 11.6. The Labute approximate surface area is 112 Å². The fourth-order valence-electron chi connectivity index (χ4n) is 2.28. The van der Waals surface area contributed by atoms with Crippen LogP contribution >= 0.6 is 11.8 Å². The summed E-state index contributed by atoms with van der Waals surface area (Å²) in [6.07, 6.45) is 3.03. The molecule has 1 aromatic carbocycles. The molecule has 1 aliphatic heterocycles. The molecule has 3 N–H and O–H groups in total. The highest BCUT2D eigenvalue weighted by molar-refractivity contribution is 7.98. The predicted octanol–water partition coefficient (Wildman–Crippen LogP) is 1.92. The summed E-state index contributed by atoms with van der Waals surface area (Å²) in [4.78, 5) is 3.23. The van der Waals surface area contributed by atoms with Crippen molar-refractivity contribution in [2.75, 3.05) is 31.4 Å². The van der Waals surface area contributed by atoms with E-state index >= 15 is 0 Å². The maximum Gasteiger partial charge on any atom is 0.126 e. The van der Waals surface area contributed by atoms with Crippen LogP contribution in [0.25, 0.3) is 0 Å². The van der Waals surface area contributed by atoms with Crippen molar-refractivity contribution < 1.29 is 4.74 Å². The molecular weight excluding hydrogens is 246 g/mol. The van der Waals surface area contributed by atoms with E-state index in [0.717, 1.165) is 35.8 Å². The zero-order chi connectivity index (χ0) is 13.1. The quantitative estimate of drug-likeness (QED) is 0.496. The van der Waals surface area contributed by atoms with E-state index in [1.54, 1.807) is 11.8 Å². The second-order valence-electron chi connectivity index (χ2n) is 4.40. The summed E-state index contributed by atoms with van der Waals surface area (Å²) in [6, 6.07) is 6.42. The SMILES string of the molecule is CSc1cccc(N(C)C2CCOC2)c1C(=N)N. The van der Waals surface area contributed by atoms with Crippen LogP contribution in [-0.4, -0.2) is 38.4 Å². The molecule has 0 bridgehead atoms. The van der Waals surface area contributed by atoms with E-state index in [0.29, 0.717) is 6.04 Å². The first-order valence-electron chi connectivity index (χ1n) is 5.97. The number of nitrogens with zero attached hydrogens (tertiary/aromatic N) is 1. The Bertz CT molecular complexity index is 444. The van der Waals surface area contributed by atoms with Crippen molar-refractivity contribution in [2.45, 2.75) is 17.4 Å². The highest BCUT2D eigenvalue weighted by atomic mass is 32.2. The molecule has 5 heteroatoms. The van der Waals surface area contributed by atoms with Gasteiger partial charge in [-0.3, -0.25) is 5.41 Å². The van der Waals surface area contributed by atoms with Crippen LogP contribution in [-0.2, 0) is 4.74 Å². The molecule has 98 valence electrons. The van der Waals surface area contributed by atoms with Gasteiger partial charge < -0.3 is 15.4 Å². The van der Waals surface area contributed by atoms with Gasteiger partial charge in [-0.15, -0.1) is 11.8 Å². The Balaban J connectivity index is 2.39. The average molecular weight is 265 g/mol.